The van der Waals surface area contributed by atoms with Crippen LogP contribution in [0, 0.1) is 0 Å². The number of aromatic nitrogens is 1. The van der Waals surface area contributed by atoms with Crippen LogP contribution in [0.25, 0.3) is 0 Å². The van der Waals surface area contributed by atoms with Crippen molar-refractivity contribution in [2.75, 3.05) is 19.8 Å². The summed E-state index contributed by atoms with van der Waals surface area (Å²) < 4.78 is 31.2. The van der Waals surface area contributed by atoms with Crippen LogP contribution < -0.4 is 4.72 Å². The van der Waals surface area contributed by atoms with Gasteiger partial charge < -0.3 is 14.8 Å². The van der Waals surface area contributed by atoms with Crippen molar-refractivity contribution >= 4 is 16.0 Å². The average molecular weight is 290 g/mol. The zero-order chi connectivity index (χ0) is 14.3. The number of carbonyl (C=O) groups is 1. The second-order valence-electron chi connectivity index (χ2n) is 3.92. The summed E-state index contributed by atoms with van der Waals surface area (Å²) in [5.74, 6) is -1.20. The number of ether oxygens (including phenoxy) is 1. The largest absolute Gasteiger partial charge is 0.477 e. The SMILES string of the molecule is CCCOCCCNS(=O)(=O)c1c[nH]c(C(=O)O)c1. The molecule has 0 spiro atoms. The number of aromatic carboxylic acids is 1. The zero-order valence-corrected chi connectivity index (χ0v) is 11.5. The van der Waals surface area contributed by atoms with E-state index in [9.17, 15) is 13.2 Å². The van der Waals surface area contributed by atoms with Gasteiger partial charge in [0.25, 0.3) is 0 Å². The Morgan fingerprint density at radius 3 is 2.79 bits per heavy atom. The number of carboxylic acids is 1. The van der Waals surface area contributed by atoms with Gasteiger partial charge in [-0.3, -0.25) is 0 Å². The summed E-state index contributed by atoms with van der Waals surface area (Å²) in [4.78, 5) is 12.9. The fraction of sp³-hybridized carbons (Fsp3) is 0.545. The van der Waals surface area contributed by atoms with Gasteiger partial charge >= 0.3 is 5.97 Å². The first-order valence-electron chi connectivity index (χ1n) is 5.96. The molecule has 1 aromatic rings. The highest BCUT2D eigenvalue weighted by Crippen LogP contribution is 2.10. The van der Waals surface area contributed by atoms with Gasteiger partial charge in [0.1, 0.15) is 10.6 Å². The van der Waals surface area contributed by atoms with E-state index in [1.807, 2.05) is 6.92 Å². The first kappa shape index (κ1) is 15.7. The van der Waals surface area contributed by atoms with E-state index in [-0.39, 0.29) is 17.1 Å². The van der Waals surface area contributed by atoms with Crippen molar-refractivity contribution in [2.24, 2.45) is 0 Å². The third-order valence-corrected chi connectivity index (χ3v) is 3.74. The lowest BCUT2D eigenvalue weighted by molar-refractivity contribution is 0.0691. The number of aromatic amines is 1. The van der Waals surface area contributed by atoms with E-state index in [2.05, 4.69) is 9.71 Å². The third-order valence-electron chi connectivity index (χ3n) is 2.30. The van der Waals surface area contributed by atoms with Crippen molar-refractivity contribution in [3.63, 3.8) is 0 Å². The number of hydrogen-bond acceptors (Lipinski definition) is 4. The molecule has 0 atom stereocenters. The standard InChI is InChI=1S/C11H18N2O5S/c1-2-5-18-6-3-4-13-19(16,17)9-7-10(11(14)15)12-8-9/h7-8,12-13H,2-6H2,1H3,(H,14,15). The predicted octanol–water partition coefficient (Wildman–Crippen LogP) is 0.808. The Balaban J connectivity index is 2.44. The molecule has 8 heteroatoms. The Kier molecular flexibility index (Phi) is 6.00. The van der Waals surface area contributed by atoms with Crippen LogP contribution in [-0.4, -0.2) is 44.2 Å². The van der Waals surface area contributed by atoms with E-state index in [1.165, 1.54) is 0 Å². The summed E-state index contributed by atoms with van der Waals surface area (Å²) in [6.07, 6.45) is 2.64. The Hall–Kier alpha value is -1.38. The molecular weight excluding hydrogens is 272 g/mol. The second-order valence-corrected chi connectivity index (χ2v) is 5.68. The lowest BCUT2D eigenvalue weighted by atomic mass is 10.4. The Morgan fingerprint density at radius 2 is 2.21 bits per heavy atom. The molecule has 0 aromatic carbocycles. The number of hydrogen-bond donors (Lipinski definition) is 3. The van der Waals surface area contributed by atoms with Crippen molar-refractivity contribution in [3.05, 3.63) is 18.0 Å². The molecule has 1 rings (SSSR count). The lowest BCUT2D eigenvalue weighted by Gasteiger charge is -2.05. The van der Waals surface area contributed by atoms with Crippen LogP contribution in [-0.2, 0) is 14.8 Å². The maximum absolute atomic E-state index is 11.8. The molecule has 108 valence electrons. The first-order valence-corrected chi connectivity index (χ1v) is 7.45. The molecule has 0 fully saturated rings. The van der Waals surface area contributed by atoms with Gasteiger partial charge in [0.05, 0.1) is 0 Å². The predicted molar refractivity (Wildman–Crippen MR) is 68.7 cm³/mol. The quantitative estimate of drug-likeness (QED) is 0.583. The minimum Gasteiger partial charge on any atom is -0.477 e. The fourth-order valence-electron chi connectivity index (χ4n) is 1.36. The number of nitrogens with one attached hydrogen (secondary N) is 2. The monoisotopic (exact) mass is 290 g/mol. The number of rotatable bonds is 9. The lowest BCUT2D eigenvalue weighted by Crippen LogP contribution is -2.25. The van der Waals surface area contributed by atoms with Crippen LogP contribution in [0.15, 0.2) is 17.2 Å². The van der Waals surface area contributed by atoms with Crippen LogP contribution in [0.5, 0.6) is 0 Å². The van der Waals surface area contributed by atoms with Gasteiger partial charge in [0, 0.05) is 26.0 Å². The molecule has 0 amide bonds. The van der Waals surface area contributed by atoms with Crippen molar-refractivity contribution < 1.29 is 23.1 Å². The van der Waals surface area contributed by atoms with Crippen molar-refractivity contribution in [1.82, 2.24) is 9.71 Å². The molecule has 0 aliphatic carbocycles. The van der Waals surface area contributed by atoms with E-state index in [1.54, 1.807) is 0 Å². The average Bonchev–Trinajstić information content (AvgIpc) is 2.84. The molecule has 0 unspecified atom stereocenters. The molecule has 0 bridgehead atoms. The van der Waals surface area contributed by atoms with Crippen LogP contribution in [0.4, 0.5) is 0 Å². The van der Waals surface area contributed by atoms with Gasteiger partial charge in [0.2, 0.25) is 10.0 Å². The normalized spacial score (nSPS) is 11.6. The molecule has 1 heterocycles. The molecule has 0 saturated carbocycles. The van der Waals surface area contributed by atoms with Gasteiger partial charge in [-0.15, -0.1) is 0 Å². The molecule has 19 heavy (non-hydrogen) atoms. The van der Waals surface area contributed by atoms with Crippen LogP contribution in [0.1, 0.15) is 30.3 Å². The smallest absolute Gasteiger partial charge is 0.352 e. The highest BCUT2D eigenvalue weighted by atomic mass is 32.2. The maximum Gasteiger partial charge on any atom is 0.352 e. The summed E-state index contributed by atoms with van der Waals surface area (Å²) in [7, 11) is -3.67. The van der Waals surface area contributed by atoms with E-state index in [0.29, 0.717) is 19.6 Å². The molecule has 3 N–H and O–H groups in total. The summed E-state index contributed by atoms with van der Waals surface area (Å²) in [5, 5.41) is 8.70. The Labute approximate surface area is 112 Å². The first-order chi connectivity index (χ1) is 8.97. The summed E-state index contributed by atoms with van der Waals surface area (Å²) >= 11 is 0. The Morgan fingerprint density at radius 1 is 1.47 bits per heavy atom. The van der Waals surface area contributed by atoms with Gasteiger partial charge in [-0.1, -0.05) is 6.92 Å². The van der Waals surface area contributed by atoms with Crippen molar-refractivity contribution in [1.29, 1.82) is 0 Å². The third kappa shape index (κ3) is 5.01. The Bertz CT molecular complexity index is 509. The second kappa shape index (κ2) is 7.27. The topological polar surface area (TPSA) is 108 Å². The molecule has 0 radical (unpaired) electrons. The summed E-state index contributed by atoms with van der Waals surface area (Å²) in [6, 6.07) is 1.08. The molecule has 0 aliphatic rings. The number of sulfonamides is 1. The van der Waals surface area contributed by atoms with Crippen molar-refractivity contribution in [2.45, 2.75) is 24.7 Å². The zero-order valence-electron chi connectivity index (χ0n) is 10.7. The summed E-state index contributed by atoms with van der Waals surface area (Å²) in [6.45, 7) is 3.39. The van der Waals surface area contributed by atoms with Crippen LogP contribution in [0.3, 0.4) is 0 Å². The highest BCUT2D eigenvalue weighted by molar-refractivity contribution is 7.89. The minimum absolute atomic E-state index is 0.0839. The maximum atomic E-state index is 11.8. The van der Waals surface area contributed by atoms with Crippen LogP contribution >= 0.6 is 0 Å². The van der Waals surface area contributed by atoms with E-state index in [4.69, 9.17) is 9.84 Å². The molecule has 0 aliphatic heterocycles. The number of carboxylic acid groups (broad SMARTS) is 1. The van der Waals surface area contributed by atoms with Gasteiger partial charge in [-0.2, -0.15) is 0 Å². The highest BCUT2D eigenvalue weighted by Gasteiger charge is 2.17. The van der Waals surface area contributed by atoms with Gasteiger partial charge in [-0.05, 0) is 18.9 Å². The molecule has 7 nitrogen and oxygen atoms in total. The van der Waals surface area contributed by atoms with Gasteiger partial charge in [-0.25, -0.2) is 17.9 Å². The van der Waals surface area contributed by atoms with Crippen molar-refractivity contribution in [3.8, 4) is 0 Å². The minimum atomic E-state index is -3.67. The molecular formula is C11H18N2O5S. The van der Waals surface area contributed by atoms with E-state index >= 15 is 0 Å². The fourth-order valence-corrected chi connectivity index (χ4v) is 2.43. The molecule has 0 saturated heterocycles. The molecule has 1 aromatic heterocycles. The summed E-state index contributed by atoms with van der Waals surface area (Å²) in [5.41, 5.74) is -0.161. The van der Waals surface area contributed by atoms with E-state index < -0.39 is 16.0 Å². The van der Waals surface area contributed by atoms with Crippen LogP contribution in [0.2, 0.25) is 0 Å². The van der Waals surface area contributed by atoms with E-state index in [0.717, 1.165) is 18.7 Å². The van der Waals surface area contributed by atoms with Gasteiger partial charge in [0.15, 0.2) is 0 Å². The number of H-pyrrole nitrogens is 1.